The number of nitrogens with one attached hydrogen (secondary N) is 1. The minimum Gasteiger partial charge on any atom is -0.374 e. The van der Waals surface area contributed by atoms with Gasteiger partial charge in [0.15, 0.2) is 0 Å². The van der Waals surface area contributed by atoms with Crippen LogP contribution in [-0.4, -0.2) is 68.5 Å². The van der Waals surface area contributed by atoms with Gasteiger partial charge in [-0.25, -0.2) is 15.0 Å². The number of aliphatic hydroxyl groups is 1. The molecule has 5 heterocycles. The van der Waals surface area contributed by atoms with Gasteiger partial charge in [-0.2, -0.15) is 0 Å². The van der Waals surface area contributed by atoms with E-state index in [1.165, 1.54) is 43.9 Å². The summed E-state index contributed by atoms with van der Waals surface area (Å²) in [5.41, 5.74) is 2.42. The number of hydrogen-bond donors (Lipinski definition) is 2. The van der Waals surface area contributed by atoms with Gasteiger partial charge in [0.25, 0.3) is 0 Å². The summed E-state index contributed by atoms with van der Waals surface area (Å²) in [5.74, 6) is 3.87. The lowest BCUT2D eigenvalue weighted by molar-refractivity contribution is 0.173. The molecule has 0 radical (unpaired) electrons. The highest BCUT2D eigenvalue weighted by molar-refractivity contribution is 5.62. The van der Waals surface area contributed by atoms with E-state index in [1.54, 1.807) is 6.33 Å². The Kier molecular flexibility index (Phi) is 6.83. The number of aromatic nitrogens is 4. The summed E-state index contributed by atoms with van der Waals surface area (Å²) in [7, 11) is 0. The van der Waals surface area contributed by atoms with Crippen molar-refractivity contribution in [3.8, 4) is 0 Å². The molecule has 2 aromatic heterocycles. The van der Waals surface area contributed by atoms with Gasteiger partial charge in [-0.1, -0.05) is 20.3 Å². The van der Waals surface area contributed by atoms with Crippen molar-refractivity contribution in [2.45, 2.75) is 83.4 Å². The van der Waals surface area contributed by atoms with E-state index in [2.05, 4.69) is 49.7 Å². The molecule has 33 heavy (non-hydrogen) atoms. The van der Waals surface area contributed by atoms with Crippen LogP contribution in [0.1, 0.15) is 81.3 Å². The van der Waals surface area contributed by atoms with Gasteiger partial charge < -0.3 is 24.8 Å². The van der Waals surface area contributed by atoms with E-state index in [0.717, 1.165) is 62.6 Å². The Morgan fingerprint density at radius 3 is 2.67 bits per heavy atom. The molecule has 2 N–H and O–H groups in total. The Balaban J connectivity index is 1.29. The number of hydrogen-bond acceptors (Lipinski definition) is 7. The number of aryl methyl sites for hydroxylation is 1. The lowest BCUT2D eigenvalue weighted by Crippen LogP contribution is -2.39. The van der Waals surface area contributed by atoms with Crippen LogP contribution in [0, 0.1) is 0 Å². The third-order valence-electron chi connectivity index (χ3n) is 7.65. The molecule has 3 aliphatic rings. The summed E-state index contributed by atoms with van der Waals surface area (Å²) in [6, 6.07) is 0. The Morgan fingerprint density at radius 2 is 1.94 bits per heavy atom. The van der Waals surface area contributed by atoms with Gasteiger partial charge in [-0.3, -0.25) is 0 Å². The third kappa shape index (κ3) is 4.87. The second-order valence-corrected chi connectivity index (χ2v) is 10.1. The van der Waals surface area contributed by atoms with Crippen LogP contribution in [0.15, 0.2) is 12.5 Å². The second-order valence-electron chi connectivity index (χ2n) is 10.1. The van der Waals surface area contributed by atoms with Crippen molar-refractivity contribution >= 4 is 11.6 Å². The maximum Gasteiger partial charge on any atom is 0.137 e. The van der Waals surface area contributed by atoms with E-state index >= 15 is 0 Å². The fourth-order valence-electron chi connectivity index (χ4n) is 5.55. The third-order valence-corrected chi connectivity index (χ3v) is 7.65. The summed E-state index contributed by atoms with van der Waals surface area (Å²) < 4.78 is 2.46. The van der Waals surface area contributed by atoms with E-state index in [-0.39, 0.29) is 5.92 Å². The number of imidazole rings is 1. The normalized spacial score (nSPS) is 23.8. The molecule has 0 amide bonds. The average molecular weight is 454 g/mol. The Bertz CT molecular complexity index is 933. The predicted octanol–water partition coefficient (Wildman–Crippen LogP) is 3.34. The molecule has 0 spiro atoms. The molecule has 2 aromatic rings. The van der Waals surface area contributed by atoms with Crippen LogP contribution in [-0.2, 0) is 13.0 Å². The molecule has 0 aliphatic carbocycles. The summed E-state index contributed by atoms with van der Waals surface area (Å²) in [6.45, 7) is 11.1. The average Bonchev–Trinajstić information content (AvgIpc) is 3.19. The van der Waals surface area contributed by atoms with Crippen LogP contribution >= 0.6 is 0 Å². The number of piperidine rings is 1. The first-order valence-corrected chi connectivity index (χ1v) is 12.9. The number of likely N-dealkylation sites (tertiary alicyclic amines) is 1. The van der Waals surface area contributed by atoms with Gasteiger partial charge in [0.1, 0.15) is 30.0 Å². The zero-order valence-corrected chi connectivity index (χ0v) is 20.2. The number of rotatable bonds is 8. The summed E-state index contributed by atoms with van der Waals surface area (Å²) in [4.78, 5) is 19.2. The van der Waals surface area contributed by atoms with Crippen LogP contribution in [0.3, 0.4) is 0 Å². The van der Waals surface area contributed by atoms with Crippen molar-refractivity contribution in [2.75, 3.05) is 42.9 Å². The smallest absolute Gasteiger partial charge is 0.137 e. The molecule has 0 bridgehead atoms. The van der Waals surface area contributed by atoms with Crippen LogP contribution in [0.5, 0.6) is 0 Å². The molecule has 0 saturated carbocycles. The SMILES string of the molecule is CCCCc1cn(CCN2CCC2)c(C2CCN(c3ncnc4c3C(C)CC(O)N4)CC2)n1. The van der Waals surface area contributed by atoms with Crippen molar-refractivity contribution in [1.29, 1.82) is 0 Å². The largest absolute Gasteiger partial charge is 0.374 e. The highest BCUT2D eigenvalue weighted by Gasteiger charge is 2.31. The van der Waals surface area contributed by atoms with Gasteiger partial charge in [0.2, 0.25) is 0 Å². The van der Waals surface area contributed by atoms with Gasteiger partial charge >= 0.3 is 0 Å². The lowest BCUT2D eigenvalue weighted by Gasteiger charge is -2.36. The zero-order chi connectivity index (χ0) is 22.8. The van der Waals surface area contributed by atoms with Crippen molar-refractivity contribution in [3.63, 3.8) is 0 Å². The Hall–Kier alpha value is -2.19. The molecule has 2 atom stereocenters. The Labute approximate surface area is 197 Å². The molecule has 5 rings (SSSR count). The van der Waals surface area contributed by atoms with Gasteiger partial charge in [0, 0.05) is 43.9 Å². The van der Waals surface area contributed by atoms with Crippen LogP contribution in [0.4, 0.5) is 11.6 Å². The molecule has 8 heteroatoms. The van der Waals surface area contributed by atoms with Crippen molar-refractivity contribution in [1.82, 2.24) is 24.4 Å². The lowest BCUT2D eigenvalue weighted by atomic mass is 9.92. The first kappa shape index (κ1) is 22.6. The molecule has 180 valence electrons. The van der Waals surface area contributed by atoms with Gasteiger partial charge in [0.05, 0.1) is 5.69 Å². The first-order chi connectivity index (χ1) is 16.1. The maximum atomic E-state index is 10.1. The van der Waals surface area contributed by atoms with Crippen molar-refractivity contribution in [2.24, 2.45) is 0 Å². The minimum atomic E-state index is -0.530. The summed E-state index contributed by atoms with van der Waals surface area (Å²) in [5, 5.41) is 13.2. The standard InChI is InChI=1S/C25H39N7O/c1-3-4-6-20-16-32(14-13-30-9-5-10-30)24(28-20)19-7-11-31(12-8-19)25-22-18(2)15-21(33)29-23(22)26-17-27-25/h16-19,21,33H,3-15H2,1-2H3,(H,26,27,29). The molecule has 2 fully saturated rings. The molecular formula is C25H39N7O. The molecule has 0 aromatic carbocycles. The summed E-state index contributed by atoms with van der Waals surface area (Å²) in [6.07, 6.45) is 11.2. The number of anilines is 2. The monoisotopic (exact) mass is 453 g/mol. The first-order valence-electron chi connectivity index (χ1n) is 12.9. The Morgan fingerprint density at radius 1 is 1.12 bits per heavy atom. The van der Waals surface area contributed by atoms with Gasteiger partial charge in [-0.15, -0.1) is 0 Å². The molecule has 3 aliphatic heterocycles. The van der Waals surface area contributed by atoms with Gasteiger partial charge in [-0.05, 0) is 57.5 Å². The number of nitrogens with zero attached hydrogens (tertiary/aromatic N) is 6. The predicted molar refractivity (Wildman–Crippen MR) is 131 cm³/mol. The zero-order valence-electron chi connectivity index (χ0n) is 20.2. The fourth-order valence-corrected chi connectivity index (χ4v) is 5.55. The molecular weight excluding hydrogens is 414 g/mol. The van der Waals surface area contributed by atoms with E-state index in [1.807, 2.05) is 0 Å². The minimum absolute atomic E-state index is 0.242. The fraction of sp³-hybridized carbons (Fsp3) is 0.720. The van der Waals surface area contributed by atoms with Crippen molar-refractivity contribution in [3.05, 3.63) is 29.6 Å². The quantitative estimate of drug-likeness (QED) is 0.634. The van der Waals surface area contributed by atoms with Crippen LogP contribution in [0.25, 0.3) is 0 Å². The van der Waals surface area contributed by atoms with Crippen molar-refractivity contribution < 1.29 is 5.11 Å². The maximum absolute atomic E-state index is 10.1. The molecule has 2 saturated heterocycles. The van der Waals surface area contributed by atoms with Crippen LogP contribution < -0.4 is 10.2 Å². The number of aliphatic hydroxyl groups excluding tert-OH is 1. The molecule has 2 unspecified atom stereocenters. The highest BCUT2D eigenvalue weighted by Crippen LogP contribution is 2.39. The van der Waals surface area contributed by atoms with Crippen LogP contribution in [0.2, 0.25) is 0 Å². The highest BCUT2D eigenvalue weighted by atomic mass is 16.3. The number of unbranched alkanes of at least 4 members (excludes halogenated alkanes) is 1. The topological polar surface area (TPSA) is 82.3 Å². The summed E-state index contributed by atoms with van der Waals surface area (Å²) >= 11 is 0. The van der Waals surface area contributed by atoms with E-state index in [0.29, 0.717) is 12.3 Å². The second kappa shape index (κ2) is 9.97. The number of fused-ring (bicyclic) bond motifs is 1. The molecule has 8 nitrogen and oxygen atoms in total. The van der Waals surface area contributed by atoms with E-state index in [4.69, 9.17) is 4.98 Å². The van der Waals surface area contributed by atoms with E-state index < -0.39 is 6.23 Å². The van der Waals surface area contributed by atoms with E-state index in [9.17, 15) is 5.11 Å².